The first-order chi connectivity index (χ1) is 13.4. The number of sulfonamides is 1. The van der Waals surface area contributed by atoms with E-state index in [1.54, 1.807) is 25.1 Å². The highest BCUT2D eigenvalue weighted by atomic mass is 32.2. The molecule has 0 aliphatic heterocycles. The molecule has 9 heteroatoms. The average Bonchev–Trinajstić information content (AvgIpc) is 3.10. The summed E-state index contributed by atoms with van der Waals surface area (Å²) in [6.07, 6.45) is 2.72. The first-order valence-electron chi connectivity index (χ1n) is 9.44. The van der Waals surface area contributed by atoms with E-state index in [4.69, 9.17) is 9.47 Å². The van der Waals surface area contributed by atoms with Crippen molar-refractivity contribution in [3.05, 3.63) is 45.9 Å². The lowest BCUT2D eigenvalue weighted by atomic mass is 10.2. The Kier molecular flexibility index (Phi) is 6.35. The molecule has 1 heterocycles. The lowest BCUT2D eigenvalue weighted by Crippen LogP contribution is -2.32. The molecule has 152 valence electrons. The summed E-state index contributed by atoms with van der Waals surface area (Å²) in [5.41, 5.74) is 1.70. The molecule has 0 fully saturated rings. The Bertz CT molecular complexity index is 1000. The second-order valence-corrected chi connectivity index (χ2v) is 8.14. The maximum atomic E-state index is 12.8. The van der Waals surface area contributed by atoms with Gasteiger partial charge in [0.15, 0.2) is 0 Å². The predicted molar refractivity (Wildman–Crippen MR) is 104 cm³/mol. The van der Waals surface area contributed by atoms with Crippen LogP contribution in [0.4, 0.5) is 0 Å². The summed E-state index contributed by atoms with van der Waals surface area (Å²) in [6, 6.07) is 6.29. The Morgan fingerprint density at radius 2 is 1.93 bits per heavy atom. The monoisotopic (exact) mass is 407 g/mol. The van der Waals surface area contributed by atoms with Crippen molar-refractivity contribution in [1.82, 2.24) is 14.5 Å². The number of benzene rings is 1. The number of hydrogen-bond donors (Lipinski definition) is 1. The maximum absolute atomic E-state index is 12.8. The smallest absolute Gasteiger partial charge is 0.267 e. The van der Waals surface area contributed by atoms with Gasteiger partial charge in [-0.25, -0.2) is 17.8 Å². The van der Waals surface area contributed by atoms with E-state index in [0.717, 1.165) is 30.5 Å². The molecule has 0 amide bonds. The van der Waals surface area contributed by atoms with E-state index in [-0.39, 0.29) is 29.3 Å². The van der Waals surface area contributed by atoms with Crippen molar-refractivity contribution < 1.29 is 17.9 Å². The zero-order valence-electron chi connectivity index (χ0n) is 16.1. The molecule has 0 unspecified atom stereocenters. The molecular weight excluding hydrogens is 382 g/mol. The van der Waals surface area contributed by atoms with Gasteiger partial charge in [0.05, 0.1) is 25.5 Å². The SMILES string of the molecule is CCOc1ccc(OCC)c(S(=O)(=O)NCCn2nc3c(cc2=O)CCC3)c1. The van der Waals surface area contributed by atoms with Gasteiger partial charge in [0.2, 0.25) is 10.0 Å². The van der Waals surface area contributed by atoms with Crippen molar-refractivity contribution >= 4 is 10.0 Å². The zero-order chi connectivity index (χ0) is 20.1. The van der Waals surface area contributed by atoms with E-state index in [1.807, 2.05) is 6.92 Å². The van der Waals surface area contributed by atoms with Gasteiger partial charge in [-0.3, -0.25) is 4.79 Å². The van der Waals surface area contributed by atoms with Crippen LogP contribution in [0.1, 0.15) is 31.5 Å². The average molecular weight is 407 g/mol. The molecule has 2 aromatic rings. The van der Waals surface area contributed by atoms with E-state index in [9.17, 15) is 13.2 Å². The highest BCUT2D eigenvalue weighted by molar-refractivity contribution is 7.89. The van der Waals surface area contributed by atoms with Gasteiger partial charge >= 0.3 is 0 Å². The van der Waals surface area contributed by atoms with E-state index in [1.165, 1.54) is 10.7 Å². The number of ether oxygens (including phenoxy) is 2. The first-order valence-corrected chi connectivity index (χ1v) is 10.9. The van der Waals surface area contributed by atoms with Crippen LogP contribution < -0.4 is 19.8 Å². The lowest BCUT2D eigenvalue weighted by molar-refractivity contribution is 0.322. The Morgan fingerprint density at radius 3 is 2.68 bits per heavy atom. The second-order valence-electron chi connectivity index (χ2n) is 6.40. The van der Waals surface area contributed by atoms with Gasteiger partial charge in [-0.15, -0.1) is 0 Å². The fourth-order valence-corrected chi connectivity index (χ4v) is 4.37. The summed E-state index contributed by atoms with van der Waals surface area (Å²) in [7, 11) is -3.85. The predicted octanol–water partition coefficient (Wildman–Crippen LogP) is 1.51. The number of nitrogens with one attached hydrogen (secondary N) is 1. The van der Waals surface area contributed by atoms with Gasteiger partial charge in [0.1, 0.15) is 16.4 Å². The number of nitrogens with zero attached hydrogens (tertiary/aromatic N) is 2. The molecule has 0 atom stereocenters. The van der Waals surface area contributed by atoms with Gasteiger partial charge in [0, 0.05) is 18.7 Å². The second kappa shape index (κ2) is 8.74. The highest BCUT2D eigenvalue weighted by Crippen LogP contribution is 2.28. The van der Waals surface area contributed by atoms with Crippen LogP contribution in [0.15, 0.2) is 34.0 Å². The van der Waals surface area contributed by atoms with Gasteiger partial charge in [-0.05, 0) is 50.8 Å². The minimum absolute atomic E-state index is 0.00885. The Balaban J connectivity index is 1.75. The van der Waals surface area contributed by atoms with Crippen molar-refractivity contribution in [2.24, 2.45) is 0 Å². The van der Waals surface area contributed by atoms with E-state index in [2.05, 4.69) is 9.82 Å². The van der Waals surface area contributed by atoms with Crippen LogP contribution in [0.3, 0.4) is 0 Å². The van der Waals surface area contributed by atoms with E-state index >= 15 is 0 Å². The largest absolute Gasteiger partial charge is 0.494 e. The van der Waals surface area contributed by atoms with Crippen molar-refractivity contribution in [3.8, 4) is 11.5 Å². The van der Waals surface area contributed by atoms with Crippen LogP contribution in [0, 0.1) is 0 Å². The molecule has 0 bridgehead atoms. The lowest BCUT2D eigenvalue weighted by Gasteiger charge is -2.14. The number of hydrogen-bond acceptors (Lipinski definition) is 6. The summed E-state index contributed by atoms with van der Waals surface area (Å²) < 4.78 is 40.3. The maximum Gasteiger partial charge on any atom is 0.267 e. The number of aromatic nitrogens is 2. The van der Waals surface area contributed by atoms with Crippen LogP contribution in [0.2, 0.25) is 0 Å². The standard InChI is InChI=1S/C19H25N3O5S/c1-3-26-15-8-9-17(27-4-2)18(13-15)28(24,25)20-10-11-22-19(23)12-14-6-5-7-16(14)21-22/h8-9,12-13,20H,3-7,10-11H2,1-2H3. The van der Waals surface area contributed by atoms with Crippen molar-refractivity contribution in [2.45, 2.75) is 44.6 Å². The summed E-state index contributed by atoms with van der Waals surface area (Å²) in [5, 5.41) is 4.36. The van der Waals surface area contributed by atoms with Crippen LogP contribution >= 0.6 is 0 Å². The molecule has 0 radical (unpaired) electrons. The van der Waals surface area contributed by atoms with Crippen LogP contribution in [0.25, 0.3) is 0 Å². The number of fused-ring (bicyclic) bond motifs is 1. The highest BCUT2D eigenvalue weighted by Gasteiger charge is 2.21. The fraction of sp³-hybridized carbons (Fsp3) is 0.474. The minimum Gasteiger partial charge on any atom is -0.494 e. The molecule has 28 heavy (non-hydrogen) atoms. The summed E-state index contributed by atoms with van der Waals surface area (Å²) in [4.78, 5) is 12.2. The third-order valence-corrected chi connectivity index (χ3v) is 5.94. The van der Waals surface area contributed by atoms with Gasteiger partial charge in [0.25, 0.3) is 5.56 Å². The Morgan fingerprint density at radius 1 is 1.14 bits per heavy atom. The van der Waals surface area contributed by atoms with E-state index < -0.39 is 10.0 Å². The topological polar surface area (TPSA) is 99.5 Å². The molecule has 8 nitrogen and oxygen atoms in total. The molecule has 1 aromatic carbocycles. The van der Waals surface area contributed by atoms with E-state index in [0.29, 0.717) is 19.0 Å². The summed E-state index contributed by atoms with van der Waals surface area (Å²) in [5.74, 6) is 0.703. The first kappa shape index (κ1) is 20.3. The fourth-order valence-electron chi connectivity index (χ4n) is 3.19. The van der Waals surface area contributed by atoms with Crippen molar-refractivity contribution in [3.63, 3.8) is 0 Å². The number of rotatable bonds is 9. The molecule has 0 saturated heterocycles. The minimum atomic E-state index is -3.85. The van der Waals surface area contributed by atoms with Crippen LogP contribution in [0.5, 0.6) is 11.5 Å². The molecule has 3 rings (SSSR count). The van der Waals surface area contributed by atoms with Gasteiger partial charge in [-0.2, -0.15) is 5.10 Å². The molecule has 1 N–H and O–H groups in total. The van der Waals surface area contributed by atoms with Crippen molar-refractivity contribution in [2.75, 3.05) is 19.8 Å². The van der Waals surface area contributed by atoms with Crippen LogP contribution in [-0.2, 0) is 29.4 Å². The van der Waals surface area contributed by atoms with Crippen molar-refractivity contribution in [1.29, 1.82) is 0 Å². The van der Waals surface area contributed by atoms with Gasteiger partial charge < -0.3 is 9.47 Å². The summed E-state index contributed by atoms with van der Waals surface area (Å²) in [6.45, 7) is 4.56. The van der Waals surface area contributed by atoms with Crippen LogP contribution in [-0.4, -0.2) is 38.0 Å². The molecule has 1 aliphatic rings. The molecule has 1 aliphatic carbocycles. The number of aryl methyl sites for hydroxylation is 2. The molecule has 1 aromatic heterocycles. The summed E-state index contributed by atoms with van der Waals surface area (Å²) >= 11 is 0. The third-order valence-electron chi connectivity index (χ3n) is 4.46. The normalized spacial score (nSPS) is 13.4. The Labute approximate surface area is 164 Å². The zero-order valence-corrected chi connectivity index (χ0v) is 16.9. The quantitative estimate of drug-likeness (QED) is 0.676. The molecular formula is C19H25N3O5S. The molecule has 0 spiro atoms. The third kappa shape index (κ3) is 4.53. The molecule has 0 saturated carbocycles. The Hall–Kier alpha value is -2.39. The van der Waals surface area contributed by atoms with Gasteiger partial charge in [-0.1, -0.05) is 0 Å².